The van der Waals surface area contributed by atoms with Crippen molar-refractivity contribution in [1.29, 1.82) is 0 Å². The summed E-state index contributed by atoms with van der Waals surface area (Å²) >= 11 is 4.24. The van der Waals surface area contributed by atoms with Gasteiger partial charge < -0.3 is 5.32 Å². The lowest BCUT2D eigenvalue weighted by atomic mass is 10.2. The third-order valence-corrected chi connectivity index (χ3v) is 5.09. The van der Waals surface area contributed by atoms with Crippen molar-refractivity contribution in [1.82, 2.24) is 0 Å². The van der Waals surface area contributed by atoms with E-state index in [0.29, 0.717) is 6.04 Å². The molecule has 1 nitrogen and oxygen atoms in total. The van der Waals surface area contributed by atoms with Gasteiger partial charge in [0.2, 0.25) is 0 Å². The molecular weight excluding hydrogens is 341 g/mol. The molecule has 90 valence electrons. The summed E-state index contributed by atoms with van der Waals surface area (Å²) < 4.78 is 1.31. The minimum atomic E-state index is 0.368. The molecule has 2 rings (SSSR count). The summed E-state index contributed by atoms with van der Waals surface area (Å²) in [6, 6.07) is 11.3. The predicted octanol–water partition coefficient (Wildman–Crippen LogP) is 5.14. The number of nitrogens with one attached hydrogen (secondary N) is 1. The van der Waals surface area contributed by atoms with Gasteiger partial charge >= 0.3 is 0 Å². The fraction of sp³-hybridized carbons (Fsp3) is 0.286. The first-order valence-electron chi connectivity index (χ1n) is 5.65. The molecule has 1 aromatic carbocycles. The standard InChI is InChI=1S/C14H16INS/c1-9-4-6-12(8-13(9)15)16-11(3)14-7-5-10(2)17-14/h4-8,11,16H,1-3H3. The summed E-state index contributed by atoms with van der Waals surface area (Å²) in [4.78, 5) is 2.75. The summed E-state index contributed by atoms with van der Waals surface area (Å²) in [6.07, 6.45) is 0. The number of aryl methyl sites for hydroxylation is 2. The molecule has 1 aromatic heterocycles. The van der Waals surface area contributed by atoms with Crippen LogP contribution in [-0.4, -0.2) is 0 Å². The van der Waals surface area contributed by atoms with Gasteiger partial charge in [-0.2, -0.15) is 0 Å². The molecule has 0 radical (unpaired) electrons. The van der Waals surface area contributed by atoms with Crippen molar-refractivity contribution in [3.8, 4) is 0 Å². The third-order valence-electron chi connectivity index (χ3n) is 2.74. The molecule has 1 unspecified atom stereocenters. The van der Waals surface area contributed by atoms with E-state index in [9.17, 15) is 0 Å². The van der Waals surface area contributed by atoms with E-state index in [2.05, 4.69) is 79.0 Å². The number of halogens is 1. The molecule has 0 amide bonds. The quantitative estimate of drug-likeness (QED) is 0.750. The van der Waals surface area contributed by atoms with Gasteiger partial charge in [-0.1, -0.05) is 6.07 Å². The Morgan fingerprint density at radius 1 is 1.18 bits per heavy atom. The highest BCUT2D eigenvalue weighted by atomic mass is 127. The Kier molecular flexibility index (Phi) is 4.09. The first-order chi connectivity index (χ1) is 8.06. The van der Waals surface area contributed by atoms with Crippen LogP contribution < -0.4 is 5.32 Å². The largest absolute Gasteiger partial charge is 0.378 e. The molecule has 0 bridgehead atoms. The monoisotopic (exact) mass is 357 g/mol. The average molecular weight is 357 g/mol. The fourth-order valence-corrected chi connectivity index (χ4v) is 3.08. The molecular formula is C14H16INS. The smallest absolute Gasteiger partial charge is 0.0578 e. The van der Waals surface area contributed by atoms with E-state index in [1.54, 1.807) is 0 Å². The van der Waals surface area contributed by atoms with E-state index in [4.69, 9.17) is 0 Å². The molecule has 0 aliphatic rings. The van der Waals surface area contributed by atoms with Crippen molar-refractivity contribution >= 4 is 39.6 Å². The van der Waals surface area contributed by atoms with Crippen molar-refractivity contribution in [2.45, 2.75) is 26.8 Å². The van der Waals surface area contributed by atoms with Crippen LogP contribution >= 0.6 is 33.9 Å². The van der Waals surface area contributed by atoms with E-state index < -0.39 is 0 Å². The van der Waals surface area contributed by atoms with E-state index in [-0.39, 0.29) is 0 Å². The maximum atomic E-state index is 3.55. The van der Waals surface area contributed by atoms with E-state index in [1.165, 1.54) is 24.6 Å². The van der Waals surface area contributed by atoms with Gasteiger partial charge in [-0.3, -0.25) is 0 Å². The van der Waals surface area contributed by atoms with Crippen molar-refractivity contribution in [3.63, 3.8) is 0 Å². The molecule has 0 fully saturated rings. The molecule has 0 spiro atoms. The second kappa shape index (κ2) is 5.40. The summed E-state index contributed by atoms with van der Waals surface area (Å²) in [5.74, 6) is 0. The lowest BCUT2D eigenvalue weighted by Gasteiger charge is -2.14. The number of anilines is 1. The molecule has 1 heterocycles. The molecule has 2 aromatic rings. The normalized spacial score (nSPS) is 12.5. The number of hydrogen-bond donors (Lipinski definition) is 1. The second-order valence-electron chi connectivity index (χ2n) is 4.28. The molecule has 1 N–H and O–H groups in total. The van der Waals surface area contributed by atoms with Crippen LogP contribution in [0.1, 0.15) is 28.3 Å². The van der Waals surface area contributed by atoms with Gasteiger partial charge in [-0.25, -0.2) is 0 Å². The van der Waals surface area contributed by atoms with Gasteiger partial charge in [-0.05, 0) is 73.2 Å². The summed E-state index contributed by atoms with van der Waals surface area (Å²) in [6.45, 7) is 6.49. The third kappa shape index (κ3) is 3.22. The highest BCUT2D eigenvalue weighted by Crippen LogP contribution is 2.26. The molecule has 0 aliphatic carbocycles. The van der Waals surface area contributed by atoms with Crippen molar-refractivity contribution in [2.75, 3.05) is 5.32 Å². The molecule has 1 atom stereocenters. The van der Waals surface area contributed by atoms with Crippen LogP contribution in [0.4, 0.5) is 5.69 Å². The van der Waals surface area contributed by atoms with Gasteiger partial charge in [0.1, 0.15) is 0 Å². The molecule has 17 heavy (non-hydrogen) atoms. The maximum absolute atomic E-state index is 3.55. The minimum absolute atomic E-state index is 0.368. The fourth-order valence-electron chi connectivity index (χ4n) is 1.69. The zero-order chi connectivity index (χ0) is 12.4. The molecule has 0 saturated carbocycles. The highest BCUT2D eigenvalue weighted by Gasteiger charge is 2.07. The van der Waals surface area contributed by atoms with Gasteiger partial charge in [0, 0.05) is 19.0 Å². The van der Waals surface area contributed by atoms with Gasteiger partial charge in [0.25, 0.3) is 0 Å². The number of hydrogen-bond acceptors (Lipinski definition) is 2. The predicted molar refractivity (Wildman–Crippen MR) is 85.0 cm³/mol. The number of thiophene rings is 1. The summed E-state index contributed by atoms with van der Waals surface area (Å²) in [7, 11) is 0. The average Bonchev–Trinajstić information content (AvgIpc) is 2.70. The SMILES string of the molecule is Cc1ccc(C(C)Nc2ccc(C)c(I)c2)s1. The number of rotatable bonds is 3. The Labute approximate surface area is 120 Å². The number of benzene rings is 1. The van der Waals surface area contributed by atoms with Crippen LogP contribution in [0.2, 0.25) is 0 Å². The van der Waals surface area contributed by atoms with Crippen LogP contribution in [0, 0.1) is 17.4 Å². The Bertz CT molecular complexity index is 519. The first-order valence-corrected chi connectivity index (χ1v) is 7.55. The summed E-state index contributed by atoms with van der Waals surface area (Å²) in [5.41, 5.74) is 2.52. The Balaban J connectivity index is 2.12. The lowest BCUT2D eigenvalue weighted by molar-refractivity contribution is 0.908. The zero-order valence-electron chi connectivity index (χ0n) is 10.3. The molecule has 0 saturated heterocycles. The van der Waals surface area contributed by atoms with Crippen LogP contribution in [0.25, 0.3) is 0 Å². The Morgan fingerprint density at radius 2 is 1.94 bits per heavy atom. The zero-order valence-corrected chi connectivity index (χ0v) is 13.2. The Hall–Kier alpha value is -0.550. The van der Waals surface area contributed by atoms with Gasteiger partial charge in [-0.15, -0.1) is 11.3 Å². The maximum Gasteiger partial charge on any atom is 0.0578 e. The molecule has 3 heteroatoms. The topological polar surface area (TPSA) is 12.0 Å². The second-order valence-corrected chi connectivity index (χ2v) is 6.76. The lowest BCUT2D eigenvalue weighted by Crippen LogP contribution is -2.04. The van der Waals surface area contributed by atoms with Crippen LogP contribution in [0.15, 0.2) is 30.3 Å². The first kappa shape index (κ1) is 12.9. The van der Waals surface area contributed by atoms with Gasteiger partial charge in [0.15, 0.2) is 0 Å². The van der Waals surface area contributed by atoms with E-state index >= 15 is 0 Å². The minimum Gasteiger partial charge on any atom is -0.378 e. The van der Waals surface area contributed by atoms with E-state index in [1.807, 2.05) is 11.3 Å². The van der Waals surface area contributed by atoms with Crippen molar-refractivity contribution in [3.05, 3.63) is 49.2 Å². The van der Waals surface area contributed by atoms with Crippen LogP contribution in [-0.2, 0) is 0 Å². The van der Waals surface area contributed by atoms with Crippen molar-refractivity contribution < 1.29 is 0 Å². The molecule has 0 aliphatic heterocycles. The van der Waals surface area contributed by atoms with Crippen molar-refractivity contribution in [2.24, 2.45) is 0 Å². The van der Waals surface area contributed by atoms with Crippen LogP contribution in [0.5, 0.6) is 0 Å². The Morgan fingerprint density at radius 3 is 2.53 bits per heavy atom. The van der Waals surface area contributed by atoms with E-state index in [0.717, 1.165) is 0 Å². The highest BCUT2D eigenvalue weighted by molar-refractivity contribution is 14.1. The van der Waals surface area contributed by atoms with Crippen LogP contribution in [0.3, 0.4) is 0 Å². The van der Waals surface area contributed by atoms with Gasteiger partial charge in [0.05, 0.1) is 6.04 Å². The summed E-state index contributed by atoms with van der Waals surface area (Å²) in [5, 5.41) is 3.55.